The van der Waals surface area contributed by atoms with Crippen molar-refractivity contribution < 1.29 is 9.72 Å². The van der Waals surface area contributed by atoms with E-state index in [2.05, 4.69) is 0 Å². The molecule has 0 aliphatic carbocycles. The van der Waals surface area contributed by atoms with Gasteiger partial charge in [0.1, 0.15) is 0 Å². The second-order valence-electron chi connectivity index (χ2n) is 4.03. The maximum absolute atomic E-state index is 11.6. The van der Waals surface area contributed by atoms with Crippen molar-refractivity contribution in [2.45, 2.75) is 16.7 Å². The molecule has 0 N–H and O–H groups in total. The quantitative estimate of drug-likeness (QED) is 0.470. The Balaban J connectivity index is 2.44. The number of hydrogen-bond acceptors (Lipinski definition) is 4. The fourth-order valence-electron chi connectivity index (χ4n) is 1.64. The van der Waals surface area contributed by atoms with E-state index in [9.17, 15) is 14.9 Å². The third kappa shape index (κ3) is 3.18. The summed E-state index contributed by atoms with van der Waals surface area (Å²) in [5.74, 6) is -0.219. The minimum atomic E-state index is -0.517. The van der Waals surface area contributed by atoms with Gasteiger partial charge in [-0.25, -0.2) is 0 Å². The number of rotatable bonds is 4. The molecule has 0 fully saturated rings. The molecule has 0 saturated heterocycles. The normalized spacial score (nSPS) is 10.3. The fourth-order valence-corrected chi connectivity index (χ4v) is 2.89. The number of hydrogen-bond donors (Lipinski definition) is 0. The number of benzene rings is 2. The minimum absolute atomic E-state index is 0.0984. The summed E-state index contributed by atoms with van der Waals surface area (Å²) in [5, 5.41) is 11.3. The molecule has 2 aromatic rings. The van der Waals surface area contributed by atoms with Crippen LogP contribution in [0.4, 0.5) is 5.69 Å². The number of ketones is 1. The van der Waals surface area contributed by atoms with Gasteiger partial charge in [0.05, 0.1) is 9.95 Å². The molecule has 0 unspecified atom stereocenters. The van der Waals surface area contributed by atoms with E-state index in [0.29, 0.717) is 15.5 Å². The summed E-state index contributed by atoms with van der Waals surface area (Å²) in [5.41, 5.74) is 0.225. The van der Waals surface area contributed by atoms with Crippen LogP contribution in [-0.2, 0) is 0 Å². The van der Waals surface area contributed by atoms with Crippen molar-refractivity contribution in [1.29, 1.82) is 0 Å². The predicted octanol–water partition coefficient (Wildman–Crippen LogP) is 4.60. The molecule has 0 spiro atoms. The Morgan fingerprint density at radius 2 is 1.90 bits per heavy atom. The van der Waals surface area contributed by atoms with Crippen LogP contribution >= 0.6 is 23.4 Å². The topological polar surface area (TPSA) is 60.2 Å². The zero-order valence-corrected chi connectivity index (χ0v) is 12.1. The van der Waals surface area contributed by atoms with Gasteiger partial charge < -0.3 is 0 Å². The molecule has 4 nitrogen and oxygen atoms in total. The molecule has 0 atom stereocenters. The fraction of sp³-hybridized carbons (Fsp3) is 0.0714. The maximum Gasteiger partial charge on any atom is 0.270 e. The molecule has 2 aromatic carbocycles. The van der Waals surface area contributed by atoms with Crippen molar-refractivity contribution in [3.05, 3.63) is 63.2 Å². The maximum atomic E-state index is 11.6. The van der Waals surface area contributed by atoms with Gasteiger partial charge in [-0.1, -0.05) is 35.5 Å². The average molecular weight is 308 g/mol. The molecule has 0 aliphatic heterocycles. The first-order valence-electron chi connectivity index (χ1n) is 5.71. The molecule has 0 radical (unpaired) electrons. The van der Waals surface area contributed by atoms with E-state index < -0.39 is 4.92 Å². The predicted molar refractivity (Wildman–Crippen MR) is 78.7 cm³/mol. The Labute approximate surface area is 124 Å². The zero-order chi connectivity index (χ0) is 14.7. The number of nitro groups is 1. The van der Waals surface area contributed by atoms with Gasteiger partial charge >= 0.3 is 0 Å². The lowest BCUT2D eigenvalue weighted by Crippen LogP contribution is -1.98. The van der Waals surface area contributed by atoms with Crippen LogP contribution in [-0.4, -0.2) is 10.7 Å². The first-order chi connectivity index (χ1) is 9.49. The Morgan fingerprint density at radius 3 is 2.50 bits per heavy atom. The Bertz CT molecular complexity index is 688. The van der Waals surface area contributed by atoms with E-state index in [0.717, 1.165) is 4.90 Å². The highest BCUT2D eigenvalue weighted by Crippen LogP contribution is 2.36. The molecule has 0 bridgehead atoms. The van der Waals surface area contributed by atoms with Crippen LogP contribution in [0.2, 0.25) is 5.02 Å². The van der Waals surface area contributed by atoms with Crippen LogP contribution in [0.3, 0.4) is 0 Å². The molecule has 0 amide bonds. The van der Waals surface area contributed by atoms with E-state index >= 15 is 0 Å². The smallest absolute Gasteiger partial charge is 0.270 e. The van der Waals surface area contributed by atoms with Gasteiger partial charge in [0.2, 0.25) is 0 Å². The molecule has 0 aliphatic rings. The van der Waals surface area contributed by atoms with Gasteiger partial charge in [0.25, 0.3) is 5.69 Å². The number of carbonyl (C=O) groups is 1. The number of nitrogens with zero attached hydrogens (tertiary/aromatic N) is 1. The number of Topliss-reactive ketones (excluding diaryl/α,β-unsaturated/α-hetero) is 1. The van der Waals surface area contributed by atoms with Crippen LogP contribution in [0.15, 0.2) is 52.3 Å². The van der Waals surface area contributed by atoms with Crippen LogP contribution in [0.5, 0.6) is 0 Å². The van der Waals surface area contributed by atoms with Gasteiger partial charge in [0, 0.05) is 27.5 Å². The lowest BCUT2D eigenvalue weighted by molar-refractivity contribution is -0.384. The van der Waals surface area contributed by atoms with Crippen LogP contribution in [0.1, 0.15) is 17.3 Å². The summed E-state index contributed by atoms with van der Waals surface area (Å²) in [6.45, 7) is 1.38. The van der Waals surface area contributed by atoms with E-state index in [1.54, 1.807) is 12.1 Å². The standard InChI is InChI=1S/C14H10ClNO3S/c1-9(17)11-8-10(16(18)19)6-7-13(11)20-14-5-3-2-4-12(14)15/h2-8H,1H3. The van der Waals surface area contributed by atoms with Gasteiger partial charge in [-0.15, -0.1) is 0 Å². The van der Waals surface area contributed by atoms with E-state index in [1.807, 2.05) is 18.2 Å². The Hall–Kier alpha value is -1.85. The second kappa shape index (κ2) is 6.07. The van der Waals surface area contributed by atoms with Gasteiger partial charge in [-0.05, 0) is 25.1 Å². The minimum Gasteiger partial charge on any atom is -0.294 e. The first-order valence-corrected chi connectivity index (χ1v) is 6.90. The largest absolute Gasteiger partial charge is 0.294 e. The summed E-state index contributed by atoms with van der Waals surface area (Å²) in [7, 11) is 0. The van der Waals surface area contributed by atoms with Crippen LogP contribution in [0, 0.1) is 10.1 Å². The molecule has 0 heterocycles. The lowest BCUT2D eigenvalue weighted by atomic mass is 10.1. The molecule has 0 saturated carbocycles. The molecular formula is C14H10ClNO3S. The third-order valence-corrected chi connectivity index (χ3v) is 4.20. The molecule has 0 aromatic heterocycles. The average Bonchev–Trinajstić information content (AvgIpc) is 2.41. The van der Waals surface area contributed by atoms with E-state index in [1.165, 1.54) is 30.8 Å². The number of nitro benzene ring substituents is 1. The second-order valence-corrected chi connectivity index (χ2v) is 5.52. The number of halogens is 1. The molecule has 6 heteroatoms. The van der Waals surface area contributed by atoms with Crippen molar-refractivity contribution in [2.24, 2.45) is 0 Å². The zero-order valence-electron chi connectivity index (χ0n) is 10.5. The number of carbonyl (C=O) groups excluding carboxylic acids is 1. The summed E-state index contributed by atoms with van der Waals surface area (Å²) in [6, 6.07) is 11.5. The summed E-state index contributed by atoms with van der Waals surface area (Å²) < 4.78 is 0. The SMILES string of the molecule is CC(=O)c1cc([N+](=O)[O-])ccc1Sc1ccccc1Cl. The van der Waals surface area contributed by atoms with Crippen molar-refractivity contribution in [2.75, 3.05) is 0 Å². The number of non-ortho nitro benzene ring substituents is 1. The van der Waals surface area contributed by atoms with Crippen LogP contribution < -0.4 is 0 Å². The van der Waals surface area contributed by atoms with E-state index in [-0.39, 0.29) is 11.5 Å². The third-order valence-electron chi connectivity index (χ3n) is 2.61. The highest BCUT2D eigenvalue weighted by Gasteiger charge is 2.15. The highest BCUT2D eigenvalue weighted by atomic mass is 35.5. The van der Waals surface area contributed by atoms with Crippen molar-refractivity contribution in [3.63, 3.8) is 0 Å². The molecule has 102 valence electrons. The summed E-state index contributed by atoms with van der Waals surface area (Å²) in [6.07, 6.45) is 0. The summed E-state index contributed by atoms with van der Waals surface area (Å²) >= 11 is 7.39. The van der Waals surface area contributed by atoms with Gasteiger partial charge in [-0.2, -0.15) is 0 Å². The summed E-state index contributed by atoms with van der Waals surface area (Å²) in [4.78, 5) is 23.3. The molecule has 20 heavy (non-hydrogen) atoms. The van der Waals surface area contributed by atoms with Crippen LogP contribution in [0.25, 0.3) is 0 Å². The van der Waals surface area contributed by atoms with E-state index in [4.69, 9.17) is 11.6 Å². The highest BCUT2D eigenvalue weighted by molar-refractivity contribution is 7.99. The monoisotopic (exact) mass is 307 g/mol. The molecule has 2 rings (SSSR count). The van der Waals surface area contributed by atoms with Crippen molar-refractivity contribution in [3.8, 4) is 0 Å². The van der Waals surface area contributed by atoms with Gasteiger partial charge in [-0.3, -0.25) is 14.9 Å². The molecular weight excluding hydrogens is 298 g/mol. The Kier molecular flexibility index (Phi) is 4.42. The van der Waals surface area contributed by atoms with Gasteiger partial charge in [0.15, 0.2) is 5.78 Å². The van der Waals surface area contributed by atoms with Crippen molar-refractivity contribution in [1.82, 2.24) is 0 Å². The lowest BCUT2D eigenvalue weighted by Gasteiger charge is -2.07. The van der Waals surface area contributed by atoms with Crippen molar-refractivity contribution >= 4 is 34.8 Å². The Morgan fingerprint density at radius 1 is 1.20 bits per heavy atom. The first kappa shape index (κ1) is 14.6.